The highest BCUT2D eigenvalue weighted by Crippen LogP contribution is 2.55. The lowest BCUT2D eigenvalue weighted by Crippen LogP contribution is -2.37. The molecular formula is C27H25FN4O2S2. The number of rotatable bonds is 6. The maximum absolute atomic E-state index is 14.9. The molecule has 0 fully saturated rings. The topological polar surface area (TPSA) is 75.2 Å². The molecule has 0 saturated carbocycles. The molecule has 5 rings (SSSR count). The standard InChI is InChI=1S/C27H25FN4O2S2/c1-4-32(3)24(33)18-11-10-17(12-20(18)28)21-13-19-22(36-21)14-27(2,23(19)16-8-6-5-7-9-16)25(34)30-26-31-29-15-35-26/h5-13,15,23H,4,14H2,1-3H3,(H,30,31,34)/t23-,27+/m1/s1. The zero-order valence-electron chi connectivity index (χ0n) is 20.1. The number of benzene rings is 2. The number of carbonyl (C=O) groups excluding carboxylic acids is 2. The maximum atomic E-state index is 14.9. The van der Waals surface area contributed by atoms with Gasteiger partial charge in [-0.1, -0.05) is 47.7 Å². The molecule has 1 N–H and O–H groups in total. The van der Waals surface area contributed by atoms with Crippen molar-refractivity contribution in [2.45, 2.75) is 26.2 Å². The minimum atomic E-state index is -0.723. The third-order valence-corrected chi connectivity index (χ3v) is 8.66. The van der Waals surface area contributed by atoms with E-state index in [2.05, 4.69) is 21.6 Å². The van der Waals surface area contributed by atoms with E-state index in [0.29, 0.717) is 18.1 Å². The molecule has 1 aliphatic carbocycles. The Morgan fingerprint density at radius 3 is 2.64 bits per heavy atom. The van der Waals surface area contributed by atoms with Gasteiger partial charge in [-0.15, -0.1) is 21.5 Å². The molecule has 36 heavy (non-hydrogen) atoms. The van der Waals surface area contributed by atoms with Crippen LogP contribution in [0.15, 0.2) is 60.1 Å². The molecule has 0 aliphatic heterocycles. The summed E-state index contributed by atoms with van der Waals surface area (Å²) in [6.45, 7) is 4.34. The third kappa shape index (κ3) is 4.22. The third-order valence-electron chi connectivity index (χ3n) is 6.85. The number of fused-ring (bicyclic) bond motifs is 1. The van der Waals surface area contributed by atoms with Crippen molar-refractivity contribution in [3.05, 3.63) is 87.5 Å². The Morgan fingerprint density at radius 2 is 1.97 bits per heavy atom. The lowest BCUT2D eigenvalue weighted by Gasteiger charge is -2.31. The second-order valence-corrected chi connectivity index (χ2v) is 11.1. The van der Waals surface area contributed by atoms with Crippen molar-refractivity contribution in [2.75, 3.05) is 18.9 Å². The maximum Gasteiger partial charge on any atom is 0.256 e. The molecule has 9 heteroatoms. The number of anilines is 1. The number of amides is 2. The fraction of sp³-hybridized carbons (Fsp3) is 0.259. The van der Waals surface area contributed by atoms with Crippen LogP contribution in [-0.2, 0) is 11.2 Å². The first-order valence-corrected chi connectivity index (χ1v) is 13.3. The quantitative estimate of drug-likeness (QED) is 0.347. The van der Waals surface area contributed by atoms with E-state index in [1.165, 1.54) is 22.3 Å². The molecule has 0 unspecified atom stereocenters. The molecular weight excluding hydrogens is 495 g/mol. The number of carbonyl (C=O) groups is 2. The molecule has 0 radical (unpaired) electrons. The number of thiophene rings is 1. The van der Waals surface area contributed by atoms with Crippen LogP contribution in [0, 0.1) is 11.2 Å². The van der Waals surface area contributed by atoms with Crippen LogP contribution in [0.3, 0.4) is 0 Å². The van der Waals surface area contributed by atoms with E-state index in [0.717, 1.165) is 26.4 Å². The van der Waals surface area contributed by atoms with E-state index in [-0.39, 0.29) is 23.3 Å². The Labute approximate surface area is 216 Å². The number of nitrogens with zero attached hydrogens (tertiary/aromatic N) is 3. The molecule has 2 heterocycles. The monoisotopic (exact) mass is 520 g/mol. The van der Waals surface area contributed by atoms with Crippen molar-refractivity contribution in [1.29, 1.82) is 0 Å². The Hall–Kier alpha value is -3.43. The van der Waals surface area contributed by atoms with E-state index < -0.39 is 11.2 Å². The van der Waals surface area contributed by atoms with E-state index in [4.69, 9.17) is 0 Å². The van der Waals surface area contributed by atoms with Gasteiger partial charge in [-0.2, -0.15) is 0 Å². The molecule has 0 bridgehead atoms. The van der Waals surface area contributed by atoms with Crippen LogP contribution >= 0.6 is 22.7 Å². The summed E-state index contributed by atoms with van der Waals surface area (Å²) in [5.74, 6) is -1.15. The van der Waals surface area contributed by atoms with Crippen LogP contribution in [0.5, 0.6) is 0 Å². The molecule has 0 spiro atoms. The highest BCUT2D eigenvalue weighted by molar-refractivity contribution is 7.15. The summed E-state index contributed by atoms with van der Waals surface area (Å²) < 4.78 is 14.9. The summed E-state index contributed by atoms with van der Waals surface area (Å²) in [4.78, 5) is 29.5. The van der Waals surface area contributed by atoms with Crippen molar-refractivity contribution >= 4 is 39.6 Å². The number of hydrogen-bond acceptors (Lipinski definition) is 6. The van der Waals surface area contributed by atoms with Crippen molar-refractivity contribution in [3.8, 4) is 10.4 Å². The van der Waals surface area contributed by atoms with Gasteiger partial charge < -0.3 is 10.2 Å². The first kappa shape index (κ1) is 24.3. The van der Waals surface area contributed by atoms with Gasteiger partial charge in [-0.3, -0.25) is 9.59 Å². The van der Waals surface area contributed by atoms with Crippen molar-refractivity contribution in [3.63, 3.8) is 0 Å². The van der Waals surface area contributed by atoms with E-state index in [1.54, 1.807) is 36.0 Å². The lowest BCUT2D eigenvalue weighted by molar-refractivity contribution is -0.125. The van der Waals surface area contributed by atoms with Gasteiger partial charge in [-0.05, 0) is 55.2 Å². The van der Waals surface area contributed by atoms with Crippen LogP contribution in [0.25, 0.3) is 10.4 Å². The molecule has 4 aromatic rings. The molecule has 2 amide bonds. The number of nitrogens with one attached hydrogen (secondary N) is 1. The predicted octanol–water partition coefficient (Wildman–Crippen LogP) is 5.83. The smallest absolute Gasteiger partial charge is 0.256 e. The average molecular weight is 521 g/mol. The molecule has 0 saturated heterocycles. The number of aromatic nitrogens is 2. The van der Waals surface area contributed by atoms with Crippen molar-refractivity contribution in [1.82, 2.24) is 15.1 Å². The van der Waals surface area contributed by atoms with Gasteiger partial charge in [0.25, 0.3) is 5.91 Å². The minimum absolute atomic E-state index is 0.0651. The Balaban J connectivity index is 1.51. The fourth-order valence-electron chi connectivity index (χ4n) is 4.81. The van der Waals surface area contributed by atoms with Gasteiger partial charge >= 0.3 is 0 Å². The van der Waals surface area contributed by atoms with Crippen molar-refractivity contribution < 1.29 is 14.0 Å². The molecule has 2 aromatic carbocycles. The first-order valence-electron chi connectivity index (χ1n) is 11.6. The van der Waals surface area contributed by atoms with E-state index >= 15 is 0 Å². The van der Waals surface area contributed by atoms with Crippen LogP contribution in [0.2, 0.25) is 0 Å². The van der Waals surface area contributed by atoms with Crippen LogP contribution in [-0.4, -0.2) is 40.5 Å². The van der Waals surface area contributed by atoms with Crippen LogP contribution in [0.1, 0.15) is 46.1 Å². The first-order chi connectivity index (χ1) is 17.3. The zero-order valence-corrected chi connectivity index (χ0v) is 21.8. The Bertz CT molecular complexity index is 1420. The summed E-state index contributed by atoms with van der Waals surface area (Å²) in [5, 5.41) is 11.2. The van der Waals surface area contributed by atoms with E-state index in [1.807, 2.05) is 44.2 Å². The lowest BCUT2D eigenvalue weighted by atomic mass is 9.73. The van der Waals surface area contributed by atoms with Gasteiger partial charge in [-0.25, -0.2) is 4.39 Å². The number of hydrogen-bond donors (Lipinski definition) is 1. The predicted molar refractivity (Wildman–Crippen MR) is 141 cm³/mol. The van der Waals surface area contributed by atoms with Gasteiger partial charge in [0, 0.05) is 29.3 Å². The van der Waals surface area contributed by atoms with Gasteiger partial charge in [0.2, 0.25) is 11.0 Å². The summed E-state index contributed by atoms with van der Waals surface area (Å²) in [7, 11) is 1.65. The molecule has 184 valence electrons. The summed E-state index contributed by atoms with van der Waals surface area (Å²) >= 11 is 2.85. The number of halogens is 1. The van der Waals surface area contributed by atoms with Gasteiger partial charge in [0.15, 0.2) is 0 Å². The largest absolute Gasteiger partial charge is 0.342 e. The Kier molecular flexibility index (Phi) is 6.44. The van der Waals surface area contributed by atoms with Crippen LogP contribution < -0.4 is 5.32 Å². The Morgan fingerprint density at radius 1 is 1.19 bits per heavy atom. The minimum Gasteiger partial charge on any atom is -0.342 e. The second-order valence-electron chi connectivity index (χ2n) is 9.14. The normalized spacial score (nSPS) is 18.6. The second kappa shape index (κ2) is 9.55. The highest BCUT2D eigenvalue weighted by atomic mass is 32.1. The van der Waals surface area contributed by atoms with Gasteiger partial charge in [0.05, 0.1) is 11.0 Å². The average Bonchev–Trinajstić information content (AvgIpc) is 3.59. The summed E-state index contributed by atoms with van der Waals surface area (Å²) in [6, 6.07) is 16.8. The highest BCUT2D eigenvalue weighted by Gasteiger charge is 2.50. The molecule has 6 nitrogen and oxygen atoms in total. The van der Waals surface area contributed by atoms with Gasteiger partial charge in [0.1, 0.15) is 11.3 Å². The zero-order chi connectivity index (χ0) is 25.4. The summed E-state index contributed by atoms with van der Waals surface area (Å²) in [5.41, 5.74) is 3.76. The molecule has 2 aromatic heterocycles. The SMILES string of the molecule is CCN(C)C(=O)c1ccc(-c2cc3c(s2)C[C@](C)(C(=O)Nc2nncs2)[C@@H]3c2ccccc2)cc1F. The van der Waals surface area contributed by atoms with Crippen molar-refractivity contribution in [2.24, 2.45) is 5.41 Å². The van der Waals surface area contributed by atoms with Crippen LogP contribution in [0.4, 0.5) is 9.52 Å². The molecule has 2 atom stereocenters. The summed E-state index contributed by atoms with van der Waals surface area (Å²) in [6.07, 6.45) is 0.553. The van der Waals surface area contributed by atoms with E-state index in [9.17, 15) is 14.0 Å². The fourth-order valence-corrected chi connectivity index (χ4v) is 6.61. The molecule has 1 aliphatic rings.